The van der Waals surface area contributed by atoms with E-state index in [1.165, 1.54) is 18.4 Å². The maximum atomic E-state index is 5.69. The molecular formula is C17H29N3O. The fourth-order valence-corrected chi connectivity index (χ4v) is 2.00. The third-order valence-electron chi connectivity index (χ3n) is 3.65. The van der Waals surface area contributed by atoms with Crippen LogP contribution in [-0.2, 0) is 11.3 Å². The van der Waals surface area contributed by atoms with E-state index in [9.17, 15) is 0 Å². The second-order valence-corrected chi connectivity index (χ2v) is 7.07. The van der Waals surface area contributed by atoms with Crippen LogP contribution in [0.1, 0.15) is 39.2 Å². The second kappa shape index (κ2) is 7.23. The van der Waals surface area contributed by atoms with E-state index in [1.807, 2.05) is 6.20 Å². The number of hydrogen-bond donors (Lipinski definition) is 1. The quantitative estimate of drug-likeness (QED) is 0.747. The number of nitrogens with zero attached hydrogens (tertiary/aromatic N) is 2. The average molecular weight is 291 g/mol. The van der Waals surface area contributed by atoms with Crippen molar-refractivity contribution in [2.75, 3.05) is 31.7 Å². The average Bonchev–Trinajstić information content (AvgIpc) is 3.25. The Morgan fingerprint density at radius 3 is 2.81 bits per heavy atom. The molecule has 4 nitrogen and oxygen atoms in total. The lowest BCUT2D eigenvalue weighted by atomic mass is 10.1. The van der Waals surface area contributed by atoms with Gasteiger partial charge in [-0.25, -0.2) is 4.98 Å². The van der Waals surface area contributed by atoms with E-state index in [1.54, 1.807) is 0 Å². The standard InChI is InChI=1S/C17H29N3O/c1-17(2,3)19-12-15-7-8-18-16(11-15)20(4)9-10-21-13-14-5-6-14/h7-8,11,14,19H,5-6,9-10,12-13H2,1-4H3. The van der Waals surface area contributed by atoms with Gasteiger partial charge in [-0.1, -0.05) is 0 Å². The van der Waals surface area contributed by atoms with Gasteiger partial charge in [-0.05, 0) is 57.2 Å². The summed E-state index contributed by atoms with van der Waals surface area (Å²) >= 11 is 0. The van der Waals surface area contributed by atoms with Gasteiger partial charge in [0.1, 0.15) is 5.82 Å². The smallest absolute Gasteiger partial charge is 0.128 e. The number of rotatable bonds is 8. The molecule has 0 saturated heterocycles. The van der Waals surface area contributed by atoms with Crippen molar-refractivity contribution >= 4 is 5.82 Å². The molecule has 2 rings (SSSR count). The van der Waals surface area contributed by atoms with Crippen LogP contribution in [0.25, 0.3) is 0 Å². The number of pyridine rings is 1. The van der Waals surface area contributed by atoms with Crippen LogP contribution in [-0.4, -0.2) is 37.3 Å². The molecule has 118 valence electrons. The molecule has 0 aliphatic heterocycles. The molecule has 0 unspecified atom stereocenters. The second-order valence-electron chi connectivity index (χ2n) is 7.07. The zero-order valence-electron chi connectivity index (χ0n) is 13.9. The predicted octanol–water partition coefficient (Wildman–Crippen LogP) is 2.83. The van der Waals surface area contributed by atoms with Crippen molar-refractivity contribution in [2.45, 2.75) is 45.7 Å². The van der Waals surface area contributed by atoms with Crippen molar-refractivity contribution in [3.63, 3.8) is 0 Å². The van der Waals surface area contributed by atoms with Gasteiger partial charge in [-0.15, -0.1) is 0 Å². The molecule has 1 N–H and O–H groups in total. The zero-order chi connectivity index (χ0) is 15.3. The van der Waals surface area contributed by atoms with E-state index in [2.05, 4.69) is 55.2 Å². The van der Waals surface area contributed by atoms with E-state index in [4.69, 9.17) is 4.74 Å². The van der Waals surface area contributed by atoms with Crippen LogP contribution in [0.5, 0.6) is 0 Å². The fourth-order valence-electron chi connectivity index (χ4n) is 2.00. The molecule has 4 heteroatoms. The largest absolute Gasteiger partial charge is 0.379 e. The van der Waals surface area contributed by atoms with Gasteiger partial charge in [0.15, 0.2) is 0 Å². The monoisotopic (exact) mass is 291 g/mol. The van der Waals surface area contributed by atoms with Crippen molar-refractivity contribution in [3.05, 3.63) is 23.9 Å². The summed E-state index contributed by atoms with van der Waals surface area (Å²) in [4.78, 5) is 6.61. The Hall–Kier alpha value is -1.13. The summed E-state index contributed by atoms with van der Waals surface area (Å²) in [6, 6.07) is 4.22. The molecule has 0 spiro atoms. The Kier molecular flexibility index (Phi) is 5.59. The summed E-state index contributed by atoms with van der Waals surface area (Å²) in [5.41, 5.74) is 1.40. The van der Waals surface area contributed by atoms with Crippen LogP contribution in [0.2, 0.25) is 0 Å². The molecule has 0 amide bonds. The van der Waals surface area contributed by atoms with E-state index in [0.717, 1.165) is 38.0 Å². The molecule has 0 atom stereocenters. The summed E-state index contributed by atoms with van der Waals surface area (Å²) in [7, 11) is 2.07. The van der Waals surface area contributed by atoms with Crippen LogP contribution in [0, 0.1) is 5.92 Å². The number of likely N-dealkylation sites (N-methyl/N-ethyl adjacent to an activating group) is 1. The molecule has 0 radical (unpaired) electrons. The van der Waals surface area contributed by atoms with Gasteiger partial charge in [0.25, 0.3) is 0 Å². The molecule has 21 heavy (non-hydrogen) atoms. The first-order chi connectivity index (χ1) is 9.94. The molecule has 1 aliphatic rings. The number of nitrogens with one attached hydrogen (secondary N) is 1. The topological polar surface area (TPSA) is 37.4 Å². The molecule has 1 fully saturated rings. The third kappa shape index (κ3) is 6.44. The predicted molar refractivity (Wildman–Crippen MR) is 87.6 cm³/mol. The molecule has 1 heterocycles. The number of hydrogen-bond acceptors (Lipinski definition) is 4. The lowest BCUT2D eigenvalue weighted by Crippen LogP contribution is -2.35. The lowest BCUT2D eigenvalue weighted by Gasteiger charge is -2.22. The van der Waals surface area contributed by atoms with Crippen LogP contribution < -0.4 is 10.2 Å². The maximum absolute atomic E-state index is 5.69. The van der Waals surface area contributed by atoms with Crippen molar-refractivity contribution in [1.82, 2.24) is 10.3 Å². The number of aromatic nitrogens is 1. The summed E-state index contributed by atoms with van der Waals surface area (Å²) in [6.07, 6.45) is 4.58. The van der Waals surface area contributed by atoms with Gasteiger partial charge in [-0.3, -0.25) is 0 Å². The number of ether oxygens (including phenoxy) is 1. The molecular weight excluding hydrogens is 262 g/mol. The first-order valence-corrected chi connectivity index (χ1v) is 7.93. The summed E-state index contributed by atoms with van der Waals surface area (Å²) < 4.78 is 5.69. The SMILES string of the molecule is CN(CCOCC1CC1)c1cc(CNC(C)(C)C)ccn1. The molecule has 0 aromatic carbocycles. The molecule has 1 saturated carbocycles. The zero-order valence-corrected chi connectivity index (χ0v) is 13.9. The fraction of sp³-hybridized carbons (Fsp3) is 0.706. The van der Waals surface area contributed by atoms with Gasteiger partial charge >= 0.3 is 0 Å². The Labute approximate surface area is 128 Å². The highest BCUT2D eigenvalue weighted by molar-refractivity contribution is 5.40. The minimum absolute atomic E-state index is 0.131. The Morgan fingerprint density at radius 2 is 2.14 bits per heavy atom. The third-order valence-corrected chi connectivity index (χ3v) is 3.65. The summed E-state index contributed by atoms with van der Waals surface area (Å²) in [5.74, 6) is 1.85. The van der Waals surface area contributed by atoms with Gasteiger partial charge in [-0.2, -0.15) is 0 Å². The van der Waals surface area contributed by atoms with Gasteiger partial charge in [0.05, 0.1) is 6.61 Å². The first kappa shape index (κ1) is 16.2. The Morgan fingerprint density at radius 1 is 1.38 bits per heavy atom. The summed E-state index contributed by atoms with van der Waals surface area (Å²) in [5, 5.41) is 3.51. The highest BCUT2D eigenvalue weighted by Gasteiger charge is 2.21. The van der Waals surface area contributed by atoms with Crippen LogP contribution in [0.15, 0.2) is 18.3 Å². The van der Waals surface area contributed by atoms with Crippen molar-refractivity contribution in [2.24, 2.45) is 5.92 Å². The van der Waals surface area contributed by atoms with Crippen LogP contribution >= 0.6 is 0 Å². The normalized spacial score (nSPS) is 15.2. The van der Waals surface area contributed by atoms with E-state index >= 15 is 0 Å². The van der Waals surface area contributed by atoms with Gasteiger partial charge < -0.3 is 15.0 Å². The lowest BCUT2D eigenvalue weighted by molar-refractivity contribution is 0.131. The number of anilines is 1. The van der Waals surface area contributed by atoms with Crippen molar-refractivity contribution in [1.29, 1.82) is 0 Å². The van der Waals surface area contributed by atoms with Crippen LogP contribution in [0.3, 0.4) is 0 Å². The van der Waals surface area contributed by atoms with E-state index in [-0.39, 0.29) is 5.54 Å². The minimum atomic E-state index is 0.131. The molecule has 1 aromatic rings. The molecule has 0 bridgehead atoms. The molecule has 1 aromatic heterocycles. The molecule has 1 aliphatic carbocycles. The van der Waals surface area contributed by atoms with E-state index < -0.39 is 0 Å². The first-order valence-electron chi connectivity index (χ1n) is 7.93. The van der Waals surface area contributed by atoms with Crippen molar-refractivity contribution in [3.8, 4) is 0 Å². The Balaban J connectivity index is 1.77. The van der Waals surface area contributed by atoms with Crippen molar-refractivity contribution < 1.29 is 4.74 Å². The van der Waals surface area contributed by atoms with Crippen LogP contribution in [0.4, 0.5) is 5.82 Å². The maximum Gasteiger partial charge on any atom is 0.128 e. The van der Waals surface area contributed by atoms with Gasteiger partial charge in [0.2, 0.25) is 0 Å². The van der Waals surface area contributed by atoms with E-state index in [0.29, 0.717) is 0 Å². The van der Waals surface area contributed by atoms with Gasteiger partial charge in [0, 0.05) is 38.5 Å². The minimum Gasteiger partial charge on any atom is -0.379 e. The summed E-state index contributed by atoms with van der Waals surface area (Å²) in [6.45, 7) is 9.99. The highest BCUT2D eigenvalue weighted by Crippen LogP contribution is 2.28. The highest BCUT2D eigenvalue weighted by atomic mass is 16.5. The Bertz CT molecular complexity index is 438.